The Morgan fingerprint density at radius 3 is 2.65 bits per heavy atom. The molecule has 0 saturated carbocycles. The second kappa shape index (κ2) is 7.07. The molecule has 1 saturated heterocycles. The lowest BCUT2D eigenvalue weighted by Gasteiger charge is -2.34. The molecule has 1 heterocycles. The van der Waals surface area contributed by atoms with Crippen LogP contribution in [0.5, 0.6) is 0 Å². The van der Waals surface area contributed by atoms with Gasteiger partial charge in [-0.3, -0.25) is 0 Å². The van der Waals surface area contributed by atoms with E-state index in [9.17, 15) is 8.42 Å². The quantitative estimate of drug-likeness (QED) is 0.701. The van der Waals surface area contributed by atoms with Crippen molar-refractivity contribution < 1.29 is 8.42 Å². The highest BCUT2D eigenvalue weighted by molar-refractivity contribution is 9.09. The van der Waals surface area contributed by atoms with Gasteiger partial charge in [-0.25, -0.2) is 0 Å². The van der Waals surface area contributed by atoms with E-state index in [-0.39, 0.29) is 0 Å². The number of alkyl halides is 1. The Balaban J connectivity index is 2.75. The lowest BCUT2D eigenvalue weighted by molar-refractivity contribution is 0.259. The van der Waals surface area contributed by atoms with Crippen LogP contribution in [0.25, 0.3) is 0 Å². The van der Waals surface area contributed by atoms with Gasteiger partial charge in [0.2, 0.25) is 0 Å². The molecule has 0 aromatic heterocycles. The zero-order valence-corrected chi connectivity index (χ0v) is 13.1. The third kappa shape index (κ3) is 4.19. The van der Waals surface area contributed by atoms with Crippen LogP contribution in [0.2, 0.25) is 0 Å². The molecule has 4 nitrogen and oxygen atoms in total. The molecular formula is C11H23BrN2O2S. The fraction of sp³-hybridized carbons (Fsp3) is 1.00. The summed E-state index contributed by atoms with van der Waals surface area (Å²) in [6.07, 6.45) is 2.97. The number of nitrogens with zero attached hydrogens (tertiary/aromatic N) is 2. The molecule has 0 amide bonds. The van der Waals surface area contributed by atoms with Crippen LogP contribution < -0.4 is 0 Å². The van der Waals surface area contributed by atoms with E-state index in [0.29, 0.717) is 37.4 Å². The van der Waals surface area contributed by atoms with Crippen molar-refractivity contribution >= 4 is 26.1 Å². The average Bonchev–Trinajstić information content (AvgIpc) is 2.29. The van der Waals surface area contributed by atoms with Crippen molar-refractivity contribution in [2.24, 2.45) is 5.92 Å². The zero-order chi connectivity index (χ0) is 12.9. The van der Waals surface area contributed by atoms with Crippen molar-refractivity contribution in [3.8, 4) is 0 Å². The van der Waals surface area contributed by atoms with Gasteiger partial charge in [-0.2, -0.15) is 17.0 Å². The molecule has 0 bridgehead atoms. The molecule has 1 atom stereocenters. The zero-order valence-electron chi connectivity index (χ0n) is 10.7. The van der Waals surface area contributed by atoms with Gasteiger partial charge in [0.1, 0.15) is 0 Å². The van der Waals surface area contributed by atoms with Crippen molar-refractivity contribution in [3.63, 3.8) is 0 Å². The molecule has 17 heavy (non-hydrogen) atoms. The van der Waals surface area contributed by atoms with Gasteiger partial charge in [-0.05, 0) is 25.2 Å². The highest BCUT2D eigenvalue weighted by Crippen LogP contribution is 2.20. The maximum Gasteiger partial charge on any atom is 0.282 e. The Hall–Kier alpha value is 0.350. The van der Waals surface area contributed by atoms with E-state index in [1.807, 2.05) is 6.92 Å². The normalized spacial score (nSPS) is 23.2. The summed E-state index contributed by atoms with van der Waals surface area (Å²) < 4.78 is 28.1. The first-order valence-corrected chi connectivity index (χ1v) is 8.85. The summed E-state index contributed by atoms with van der Waals surface area (Å²) in [7, 11) is -3.24. The number of hydrogen-bond acceptors (Lipinski definition) is 2. The maximum atomic E-state index is 12.4. The van der Waals surface area contributed by atoms with E-state index in [2.05, 4.69) is 22.9 Å². The number of piperidine rings is 1. The Morgan fingerprint density at radius 1 is 1.41 bits per heavy atom. The summed E-state index contributed by atoms with van der Waals surface area (Å²) in [5, 5.41) is 0.690. The average molecular weight is 327 g/mol. The highest BCUT2D eigenvalue weighted by Gasteiger charge is 2.31. The molecule has 6 heteroatoms. The van der Waals surface area contributed by atoms with E-state index < -0.39 is 10.2 Å². The van der Waals surface area contributed by atoms with E-state index in [1.54, 1.807) is 8.61 Å². The molecule has 1 aliphatic rings. The second-order valence-corrected chi connectivity index (χ2v) is 7.42. The van der Waals surface area contributed by atoms with Crippen molar-refractivity contribution in [2.75, 3.05) is 31.5 Å². The van der Waals surface area contributed by atoms with Crippen molar-refractivity contribution in [3.05, 3.63) is 0 Å². The third-order valence-electron chi connectivity index (χ3n) is 3.08. The van der Waals surface area contributed by atoms with Crippen molar-refractivity contribution in [1.82, 2.24) is 8.61 Å². The van der Waals surface area contributed by atoms with Crippen LogP contribution in [0.15, 0.2) is 0 Å². The summed E-state index contributed by atoms with van der Waals surface area (Å²) in [6.45, 7) is 6.64. The van der Waals surface area contributed by atoms with Crippen LogP contribution in [0, 0.1) is 5.92 Å². The second-order valence-electron chi connectivity index (χ2n) is 4.70. The summed E-state index contributed by atoms with van der Waals surface area (Å²) >= 11 is 3.32. The minimum atomic E-state index is -3.24. The predicted molar refractivity (Wildman–Crippen MR) is 74.5 cm³/mol. The maximum absolute atomic E-state index is 12.4. The van der Waals surface area contributed by atoms with Gasteiger partial charge < -0.3 is 0 Å². The van der Waals surface area contributed by atoms with Crippen LogP contribution in [0.3, 0.4) is 0 Å². The molecule has 0 N–H and O–H groups in total. The third-order valence-corrected chi connectivity index (χ3v) is 5.44. The van der Waals surface area contributed by atoms with Gasteiger partial charge in [-0.1, -0.05) is 29.8 Å². The van der Waals surface area contributed by atoms with E-state index in [0.717, 1.165) is 19.3 Å². The first-order valence-electron chi connectivity index (χ1n) is 6.33. The first-order chi connectivity index (χ1) is 8.02. The minimum Gasteiger partial charge on any atom is -0.195 e. The Morgan fingerprint density at radius 2 is 2.12 bits per heavy atom. The summed E-state index contributed by atoms with van der Waals surface area (Å²) in [6, 6.07) is 0. The molecule has 0 spiro atoms. The Labute approximate surface area is 114 Å². The number of rotatable bonds is 6. The topological polar surface area (TPSA) is 40.6 Å². The minimum absolute atomic E-state index is 0.478. The Bertz CT molecular complexity index is 305. The number of hydrogen-bond donors (Lipinski definition) is 0. The Kier molecular flexibility index (Phi) is 6.40. The fourth-order valence-electron chi connectivity index (χ4n) is 2.21. The van der Waals surface area contributed by atoms with Crippen LogP contribution >= 0.6 is 15.9 Å². The predicted octanol–water partition coefficient (Wildman–Crippen LogP) is 2.07. The largest absolute Gasteiger partial charge is 0.282 e. The SMILES string of the molecule is CCCN(CCBr)S(=O)(=O)N1CCCC(C)C1. The lowest BCUT2D eigenvalue weighted by Crippen LogP contribution is -2.48. The number of halogens is 1. The molecule has 102 valence electrons. The van der Waals surface area contributed by atoms with Gasteiger partial charge in [-0.15, -0.1) is 0 Å². The summed E-state index contributed by atoms with van der Waals surface area (Å²) in [5.41, 5.74) is 0. The monoisotopic (exact) mass is 326 g/mol. The fourth-order valence-corrected chi connectivity index (χ4v) is 4.73. The van der Waals surface area contributed by atoms with Crippen molar-refractivity contribution in [1.29, 1.82) is 0 Å². The van der Waals surface area contributed by atoms with Crippen LogP contribution in [0.4, 0.5) is 0 Å². The van der Waals surface area contributed by atoms with Crippen molar-refractivity contribution in [2.45, 2.75) is 33.1 Å². The standard InChI is InChI=1S/C11H23BrN2O2S/c1-3-7-13(9-6-12)17(15,16)14-8-4-5-11(2)10-14/h11H,3-10H2,1-2H3. The summed E-state index contributed by atoms with van der Waals surface area (Å²) in [5.74, 6) is 0.478. The van der Waals surface area contributed by atoms with Gasteiger partial charge >= 0.3 is 0 Å². The van der Waals surface area contributed by atoms with E-state index in [1.165, 1.54) is 0 Å². The van der Waals surface area contributed by atoms with Crippen LogP contribution in [0.1, 0.15) is 33.1 Å². The molecule has 1 rings (SSSR count). The van der Waals surface area contributed by atoms with Gasteiger partial charge in [0.25, 0.3) is 10.2 Å². The molecule has 0 aromatic carbocycles. The van der Waals surface area contributed by atoms with Gasteiger partial charge in [0, 0.05) is 31.5 Å². The lowest BCUT2D eigenvalue weighted by atomic mass is 10.0. The molecule has 0 aliphatic carbocycles. The van der Waals surface area contributed by atoms with Gasteiger partial charge in [0.05, 0.1) is 0 Å². The highest BCUT2D eigenvalue weighted by atomic mass is 79.9. The molecule has 0 aromatic rings. The van der Waals surface area contributed by atoms with E-state index >= 15 is 0 Å². The van der Waals surface area contributed by atoms with Gasteiger partial charge in [0.15, 0.2) is 0 Å². The molecule has 1 unspecified atom stereocenters. The molecule has 0 radical (unpaired) electrons. The van der Waals surface area contributed by atoms with E-state index in [4.69, 9.17) is 0 Å². The molecule has 1 fully saturated rings. The smallest absolute Gasteiger partial charge is 0.195 e. The first kappa shape index (κ1) is 15.4. The molecular weight excluding hydrogens is 304 g/mol. The van der Waals surface area contributed by atoms with Crippen LogP contribution in [-0.2, 0) is 10.2 Å². The molecule has 1 aliphatic heterocycles. The van der Waals surface area contributed by atoms with Crippen LogP contribution in [-0.4, -0.2) is 48.5 Å². The summed E-state index contributed by atoms with van der Waals surface area (Å²) in [4.78, 5) is 0.